The normalized spacial score (nSPS) is 11.6. The number of rotatable bonds is 5. The lowest BCUT2D eigenvalue weighted by Gasteiger charge is -2.19. The highest BCUT2D eigenvalue weighted by molar-refractivity contribution is 5.71. The molecule has 0 amide bonds. The van der Waals surface area contributed by atoms with Gasteiger partial charge in [-0.2, -0.15) is 0 Å². The minimum Gasteiger partial charge on any atom is -0.443 e. The van der Waals surface area contributed by atoms with E-state index in [2.05, 4.69) is 0 Å². The van der Waals surface area contributed by atoms with Crippen LogP contribution in [0.3, 0.4) is 0 Å². The van der Waals surface area contributed by atoms with Crippen LogP contribution < -0.4 is 0 Å². The van der Waals surface area contributed by atoms with E-state index in [-0.39, 0.29) is 12.7 Å². The van der Waals surface area contributed by atoms with Crippen LogP contribution in [0.15, 0.2) is 18.5 Å². The fourth-order valence-electron chi connectivity index (χ4n) is 1.63. The summed E-state index contributed by atoms with van der Waals surface area (Å²) >= 11 is 0. The van der Waals surface area contributed by atoms with E-state index in [4.69, 9.17) is 9.84 Å². The minimum absolute atomic E-state index is 0.249. The van der Waals surface area contributed by atoms with Crippen molar-refractivity contribution in [2.75, 3.05) is 6.61 Å². The Labute approximate surface area is 109 Å². The molecule has 0 unspecified atom stereocenters. The maximum atomic E-state index is 11.8. The van der Waals surface area contributed by atoms with Gasteiger partial charge >= 0.3 is 6.09 Å². The Morgan fingerprint density at radius 1 is 1.33 bits per heavy atom. The van der Waals surface area contributed by atoms with E-state index in [1.165, 1.54) is 4.57 Å². The lowest BCUT2D eigenvalue weighted by atomic mass is 10.1. The van der Waals surface area contributed by atoms with Crippen LogP contribution in [-0.4, -0.2) is 28.0 Å². The third kappa shape index (κ3) is 5.36. The lowest BCUT2D eigenvalue weighted by Crippen LogP contribution is -2.26. The highest BCUT2D eigenvalue weighted by atomic mass is 16.6. The van der Waals surface area contributed by atoms with Crippen molar-refractivity contribution in [2.24, 2.45) is 0 Å². The number of aromatic nitrogens is 1. The minimum atomic E-state index is -0.470. The first-order chi connectivity index (χ1) is 8.42. The van der Waals surface area contributed by atoms with Crippen LogP contribution in [0.4, 0.5) is 4.79 Å². The summed E-state index contributed by atoms with van der Waals surface area (Å²) in [4.78, 5) is 11.8. The second-order valence-electron chi connectivity index (χ2n) is 5.44. The van der Waals surface area contributed by atoms with Gasteiger partial charge in [-0.3, -0.25) is 4.57 Å². The number of unbranched alkanes of at least 4 members (excludes halogenated alkanes) is 2. The van der Waals surface area contributed by atoms with Crippen molar-refractivity contribution in [1.29, 1.82) is 0 Å². The van der Waals surface area contributed by atoms with E-state index in [1.54, 1.807) is 6.20 Å². The monoisotopic (exact) mass is 253 g/mol. The zero-order valence-corrected chi connectivity index (χ0v) is 11.5. The molecule has 0 aliphatic carbocycles. The summed E-state index contributed by atoms with van der Waals surface area (Å²) < 4.78 is 6.75. The van der Waals surface area contributed by atoms with Crippen molar-refractivity contribution in [2.45, 2.75) is 52.1 Å². The summed E-state index contributed by atoms with van der Waals surface area (Å²) in [5.74, 6) is 0. The van der Waals surface area contributed by atoms with Gasteiger partial charge in [-0.1, -0.05) is 6.42 Å². The van der Waals surface area contributed by atoms with Crippen LogP contribution in [-0.2, 0) is 11.2 Å². The Bertz CT molecular complexity index is 377. The van der Waals surface area contributed by atoms with Crippen molar-refractivity contribution in [3.8, 4) is 0 Å². The number of hydrogen-bond donors (Lipinski definition) is 1. The van der Waals surface area contributed by atoms with Gasteiger partial charge in [0, 0.05) is 19.0 Å². The summed E-state index contributed by atoms with van der Waals surface area (Å²) in [7, 11) is 0. The highest BCUT2D eigenvalue weighted by Gasteiger charge is 2.17. The van der Waals surface area contributed by atoms with Crippen molar-refractivity contribution in [3.05, 3.63) is 24.0 Å². The largest absolute Gasteiger partial charge is 0.443 e. The second-order valence-corrected chi connectivity index (χ2v) is 5.44. The van der Waals surface area contributed by atoms with Gasteiger partial charge in [0.25, 0.3) is 0 Å². The molecule has 0 saturated carbocycles. The number of aliphatic hydroxyl groups is 1. The summed E-state index contributed by atoms with van der Waals surface area (Å²) in [6.07, 6.45) is 7.00. The number of hydrogen-bond acceptors (Lipinski definition) is 3. The average Bonchev–Trinajstić information content (AvgIpc) is 2.71. The van der Waals surface area contributed by atoms with Crippen molar-refractivity contribution < 1.29 is 14.6 Å². The van der Waals surface area contributed by atoms with E-state index in [1.807, 2.05) is 33.0 Å². The molecule has 0 aliphatic heterocycles. The number of carbonyl (C=O) groups excluding carboxylic acids is 1. The summed E-state index contributed by atoms with van der Waals surface area (Å²) in [6, 6.07) is 1.93. The first kappa shape index (κ1) is 14.8. The molecule has 0 spiro atoms. The molecule has 0 saturated heterocycles. The molecule has 0 aromatic carbocycles. The quantitative estimate of drug-likeness (QED) is 0.821. The Kier molecular flexibility index (Phi) is 5.41. The number of aliphatic hydroxyl groups excluding tert-OH is 1. The Hall–Kier alpha value is -1.29. The smallest absolute Gasteiger partial charge is 0.418 e. The molecule has 4 heteroatoms. The predicted octanol–water partition coefficient (Wildman–Crippen LogP) is 2.98. The molecule has 4 nitrogen and oxygen atoms in total. The second kappa shape index (κ2) is 6.59. The number of nitrogens with zero attached hydrogens (tertiary/aromatic N) is 1. The molecule has 102 valence electrons. The highest BCUT2D eigenvalue weighted by Crippen LogP contribution is 2.12. The first-order valence-electron chi connectivity index (χ1n) is 6.43. The molecule has 1 heterocycles. The molecule has 1 aromatic heterocycles. The molecule has 0 radical (unpaired) electrons. The predicted molar refractivity (Wildman–Crippen MR) is 70.7 cm³/mol. The van der Waals surface area contributed by atoms with Crippen LogP contribution in [0.5, 0.6) is 0 Å². The van der Waals surface area contributed by atoms with E-state index in [9.17, 15) is 4.79 Å². The summed E-state index contributed by atoms with van der Waals surface area (Å²) in [5.41, 5.74) is 0.654. The summed E-state index contributed by atoms with van der Waals surface area (Å²) in [5, 5.41) is 8.68. The van der Waals surface area contributed by atoms with Crippen LogP contribution in [0.25, 0.3) is 0 Å². The van der Waals surface area contributed by atoms with Gasteiger partial charge in [0.2, 0.25) is 0 Å². The van der Waals surface area contributed by atoms with Crippen molar-refractivity contribution in [3.63, 3.8) is 0 Å². The molecule has 0 bridgehead atoms. The van der Waals surface area contributed by atoms with Gasteiger partial charge in [0.1, 0.15) is 5.60 Å². The zero-order chi connectivity index (χ0) is 13.6. The molecular formula is C14H23NO3. The van der Waals surface area contributed by atoms with Gasteiger partial charge < -0.3 is 9.84 Å². The molecule has 1 N–H and O–H groups in total. The molecule has 1 aromatic rings. The van der Waals surface area contributed by atoms with E-state index in [0.29, 0.717) is 0 Å². The molecule has 0 aliphatic rings. The Morgan fingerprint density at radius 3 is 2.67 bits per heavy atom. The number of ether oxygens (including phenoxy) is 1. The lowest BCUT2D eigenvalue weighted by molar-refractivity contribution is 0.0537. The van der Waals surface area contributed by atoms with E-state index in [0.717, 1.165) is 31.2 Å². The van der Waals surface area contributed by atoms with Gasteiger partial charge in [0.05, 0.1) is 0 Å². The molecule has 1 rings (SSSR count). The number of carbonyl (C=O) groups is 1. The van der Waals surface area contributed by atoms with Crippen LogP contribution in [0.1, 0.15) is 45.6 Å². The average molecular weight is 253 g/mol. The molecule has 18 heavy (non-hydrogen) atoms. The third-order valence-electron chi connectivity index (χ3n) is 2.48. The first-order valence-corrected chi connectivity index (χ1v) is 6.43. The van der Waals surface area contributed by atoms with Crippen molar-refractivity contribution in [1.82, 2.24) is 4.57 Å². The van der Waals surface area contributed by atoms with E-state index >= 15 is 0 Å². The molecular weight excluding hydrogens is 230 g/mol. The Balaban J connectivity index is 2.45. The molecule has 0 atom stereocenters. The van der Waals surface area contributed by atoms with Crippen LogP contribution in [0.2, 0.25) is 0 Å². The maximum Gasteiger partial charge on any atom is 0.418 e. The SMILES string of the molecule is CC(C)(C)OC(=O)n1ccc(CCCCCO)c1. The topological polar surface area (TPSA) is 51.5 Å². The van der Waals surface area contributed by atoms with Gasteiger partial charge in [-0.25, -0.2) is 4.79 Å². The fourth-order valence-corrected chi connectivity index (χ4v) is 1.63. The Morgan fingerprint density at radius 2 is 2.06 bits per heavy atom. The van der Waals surface area contributed by atoms with Gasteiger partial charge in [-0.05, 0) is 51.7 Å². The van der Waals surface area contributed by atoms with Gasteiger partial charge in [-0.15, -0.1) is 0 Å². The standard InChI is InChI=1S/C14H23NO3/c1-14(2,3)18-13(17)15-9-8-12(11-15)7-5-4-6-10-16/h8-9,11,16H,4-7,10H2,1-3H3. The summed E-state index contributed by atoms with van der Waals surface area (Å²) in [6.45, 7) is 5.80. The number of aryl methyl sites for hydroxylation is 1. The van der Waals surface area contributed by atoms with Gasteiger partial charge in [0.15, 0.2) is 0 Å². The zero-order valence-electron chi connectivity index (χ0n) is 11.5. The maximum absolute atomic E-state index is 11.8. The fraction of sp³-hybridized carbons (Fsp3) is 0.643. The third-order valence-corrected chi connectivity index (χ3v) is 2.48. The molecule has 0 fully saturated rings. The van der Waals surface area contributed by atoms with Crippen molar-refractivity contribution >= 4 is 6.09 Å². The van der Waals surface area contributed by atoms with Crippen LogP contribution in [0, 0.1) is 0 Å². The van der Waals surface area contributed by atoms with E-state index < -0.39 is 5.60 Å². The van der Waals surface area contributed by atoms with Crippen LogP contribution >= 0.6 is 0 Å².